The average Bonchev–Trinajstić information content (AvgIpc) is 2.44. The average molecular weight is 276 g/mol. The summed E-state index contributed by atoms with van der Waals surface area (Å²) < 4.78 is 26.2. The number of hydrogen-bond acceptors (Lipinski definition) is 2. The van der Waals surface area contributed by atoms with Crippen molar-refractivity contribution in [2.75, 3.05) is 10.6 Å². The van der Waals surface area contributed by atoms with Gasteiger partial charge in [-0.15, -0.1) is 0 Å². The predicted molar refractivity (Wildman–Crippen MR) is 75.0 cm³/mol. The lowest BCUT2D eigenvalue weighted by atomic mass is 10.2. The first-order valence-electron chi connectivity index (χ1n) is 6.20. The van der Waals surface area contributed by atoms with Gasteiger partial charge in [0.05, 0.1) is 11.4 Å². The van der Waals surface area contributed by atoms with Crippen molar-refractivity contribution >= 4 is 23.0 Å². The van der Waals surface area contributed by atoms with E-state index in [4.69, 9.17) is 0 Å². The lowest BCUT2D eigenvalue weighted by Crippen LogP contribution is -2.11. The summed E-state index contributed by atoms with van der Waals surface area (Å²) in [6.07, 6.45) is 0.327. The Morgan fingerprint density at radius 2 is 1.65 bits per heavy atom. The molecule has 3 nitrogen and oxygen atoms in total. The summed E-state index contributed by atoms with van der Waals surface area (Å²) in [5.74, 6) is -0.947. The van der Waals surface area contributed by atoms with Crippen LogP contribution in [0.2, 0.25) is 0 Å². The molecule has 0 saturated heterocycles. The maximum atomic E-state index is 13.3. The molecule has 2 rings (SSSR count). The molecule has 1 amide bonds. The van der Waals surface area contributed by atoms with Gasteiger partial charge in [0.1, 0.15) is 11.6 Å². The van der Waals surface area contributed by atoms with E-state index in [0.29, 0.717) is 23.5 Å². The Kier molecular flexibility index (Phi) is 4.30. The number of carbonyl (C=O) groups is 1. The fraction of sp³-hybridized carbons (Fsp3) is 0.133. The fourth-order valence-corrected chi connectivity index (χ4v) is 1.66. The summed E-state index contributed by atoms with van der Waals surface area (Å²) >= 11 is 0. The van der Waals surface area contributed by atoms with Crippen LogP contribution in [-0.4, -0.2) is 5.91 Å². The number of amides is 1. The maximum absolute atomic E-state index is 13.3. The molecule has 0 atom stereocenters. The smallest absolute Gasteiger partial charge is 0.224 e. The number of nitrogens with one attached hydrogen (secondary N) is 2. The number of halogens is 2. The third-order valence-corrected chi connectivity index (χ3v) is 2.70. The van der Waals surface area contributed by atoms with Crippen LogP contribution < -0.4 is 10.6 Å². The Bertz CT molecular complexity index is 612. The first-order chi connectivity index (χ1) is 9.58. The highest BCUT2D eigenvalue weighted by Gasteiger charge is 2.07. The van der Waals surface area contributed by atoms with Crippen LogP contribution in [-0.2, 0) is 4.79 Å². The minimum absolute atomic E-state index is 0.168. The van der Waals surface area contributed by atoms with E-state index in [-0.39, 0.29) is 11.7 Å². The zero-order chi connectivity index (χ0) is 14.5. The van der Waals surface area contributed by atoms with Crippen molar-refractivity contribution in [3.8, 4) is 0 Å². The SMILES string of the molecule is CCC(=O)Nc1ccc(F)cc1Nc1ccc(F)cc1. The molecule has 0 radical (unpaired) electrons. The van der Waals surface area contributed by atoms with Gasteiger partial charge >= 0.3 is 0 Å². The number of carbonyl (C=O) groups excluding carboxylic acids is 1. The second-order valence-corrected chi connectivity index (χ2v) is 4.22. The summed E-state index contributed by atoms with van der Waals surface area (Å²) in [6, 6.07) is 9.68. The van der Waals surface area contributed by atoms with E-state index in [1.807, 2.05) is 0 Å². The summed E-state index contributed by atoms with van der Waals surface area (Å²) in [4.78, 5) is 11.4. The van der Waals surface area contributed by atoms with E-state index in [1.165, 1.54) is 42.5 Å². The summed E-state index contributed by atoms with van der Waals surface area (Å²) in [5, 5.41) is 5.63. The summed E-state index contributed by atoms with van der Waals surface area (Å²) in [6.45, 7) is 1.73. The fourth-order valence-electron chi connectivity index (χ4n) is 1.66. The molecule has 0 heterocycles. The van der Waals surface area contributed by atoms with Gasteiger partial charge in [0, 0.05) is 12.1 Å². The van der Waals surface area contributed by atoms with E-state index >= 15 is 0 Å². The van der Waals surface area contributed by atoms with Crippen molar-refractivity contribution in [2.45, 2.75) is 13.3 Å². The zero-order valence-electron chi connectivity index (χ0n) is 10.9. The van der Waals surface area contributed by atoms with E-state index < -0.39 is 5.82 Å². The number of benzene rings is 2. The third kappa shape index (κ3) is 3.54. The Hall–Kier alpha value is -2.43. The molecular formula is C15H14F2N2O. The van der Waals surface area contributed by atoms with Crippen molar-refractivity contribution in [3.05, 3.63) is 54.1 Å². The van der Waals surface area contributed by atoms with Gasteiger partial charge in [-0.3, -0.25) is 4.79 Å². The lowest BCUT2D eigenvalue weighted by molar-refractivity contribution is -0.115. The molecule has 104 valence electrons. The van der Waals surface area contributed by atoms with Gasteiger partial charge in [0.15, 0.2) is 0 Å². The molecule has 0 spiro atoms. The first kappa shape index (κ1) is 14.0. The van der Waals surface area contributed by atoms with Gasteiger partial charge < -0.3 is 10.6 Å². The van der Waals surface area contributed by atoms with E-state index in [2.05, 4.69) is 10.6 Å². The van der Waals surface area contributed by atoms with Gasteiger partial charge in [-0.25, -0.2) is 8.78 Å². The molecule has 2 N–H and O–H groups in total. The number of anilines is 3. The molecule has 0 aliphatic rings. The number of hydrogen-bond donors (Lipinski definition) is 2. The molecule has 2 aromatic rings. The van der Waals surface area contributed by atoms with E-state index in [0.717, 1.165) is 0 Å². The second-order valence-electron chi connectivity index (χ2n) is 4.22. The molecule has 2 aromatic carbocycles. The molecule has 0 bridgehead atoms. The van der Waals surface area contributed by atoms with Crippen LogP contribution in [0.4, 0.5) is 25.8 Å². The standard InChI is InChI=1S/C15H14F2N2O/c1-2-15(20)19-13-8-5-11(17)9-14(13)18-12-6-3-10(16)4-7-12/h3-9,18H,2H2,1H3,(H,19,20). The Morgan fingerprint density at radius 3 is 2.30 bits per heavy atom. The molecule has 0 unspecified atom stereocenters. The normalized spacial score (nSPS) is 10.2. The zero-order valence-corrected chi connectivity index (χ0v) is 10.9. The second kappa shape index (κ2) is 6.14. The van der Waals surface area contributed by atoms with Crippen molar-refractivity contribution in [3.63, 3.8) is 0 Å². The molecule has 0 aliphatic carbocycles. The van der Waals surface area contributed by atoms with Crippen LogP contribution in [0.3, 0.4) is 0 Å². The van der Waals surface area contributed by atoms with Crippen LogP contribution in [0.1, 0.15) is 13.3 Å². The van der Waals surface area contributed by atoms with Crippen LogP contribution in [0, 0.1) is 11.6 Å². The molecule has 0 fully saturated rings. The topological polar surface area (TPSA) is 41.1 Å². The van der Waals surface area contributed by atoms with Gasteiger partial charge in [-0.05, 0) is 42.5 Å². The minimum Gasteiger partial charge on any atom is -0.354 e. The largest absolute Gasteiger partial charge is 0.354 e. The number of rotatable bonds is 4. The van der Waals surface area contributed by atoms with Crippen molar-refractivity contribution < 1.29 is 13.6 Å². The predicted octanol–water partition coefficient (Wildman–Crippen LogP) is 4.06. The molecule has 0 aliphatic heterocycles. The van der Waals surface area contributed by atoms with Gasteiger partial charge in [-0.1, -0.05) is 6.92 Å². The molecule has 5 heteroatoms. The highest BCUT2D eigenvalue weighted by atomic mass is 19.1. The van der Waals surface area contributed by atoms with Crippen LogP contribution in [0.5, 0.6) is 0 Å². The van der Waals surface area contributed by atoms with Crippen LogP contribution in [0.25, 0.3) is 0 Å². The summed E-state index contributed by atoms with van der Waals surface area (Å²) in [7, 11) is 0. The molecular weight excluding hydrogens is 262 g/mol. The monoisotopic (exact) mass is 276 g/mol. The summed E-state index contributed by atoms with van der Waals surface area (Å²) in [5.41, 5.74) is 1.49. The first-order valence-corrected chi connectivity index (χ1v) is 6.20. The Balaban J connectivity index is 2.26. The van der Waals surface area contributed by atoms with E-state index in [1.54, 1.807) is 6.92 Å². The van der Waals surface area contributed by atoms with Crippen molar-refractivity contribution in [1.29, 1.82) is 0 Å². The Morgan fingerprint density at radius 1 is 1.00 bits per heavy atom. The van der Waals surface area contributed by atoms with Gasteiger partial charge in [0.25, 0.3) is 0 Å². The lowest BCUT2D eigenvalue weighted by Gasteiger charge is -2.13. The van der Waals surface area contributed by atoms with Gasteiger partial charge in [-0.2, -0.15) is 0 Å². The van der Waals surface area contributed by atoms with Crippen molar-refractivity contribution in [2.24, 2.45) is 0 Å². The highest BCUT2D eigenvalue weighted by Crippen LogP contribution is 2.26. The molecule has 0 aromatic heterocycles. The Labute approximate surface area is 115 Å². The minimum atomic E-state index is -0.427. The highest BCUT2D eigenvalue weighted by molar-refractivity contribution is 5.94. The van der Waals surface area contributed by atoms with Gasteiger partial charge in [0.2, 0.25) is 5.91 Å². The molecule has 0 saturated carbocycles. The van der Waals surface area contributed by atoms with Crippen LogP contribution in [0.15, 0.2) is 42.5 Å². The quantitative estimate of drug-likeness (QED) is 0.884. The maximum Gasteiger partial charge on any atom is 0.224 e. The van der Waals surface area contributed by atoms with Crippen molar-refractivity contribution in [1.82, 2.24) is 0 Å². The molecule has 20 heavy (non-hydrogen) atoms. The third-order valence-electron chi connectivity index (χ3n) is 2.70. The van der Waals surface area contributed by atoms with E-state index in [9.17, 15) is 13.6 Å². The van der Waals surface area contributed by atoms with Crippen LogP contribution >= 0.6 is 0 Å².